The maximum absolute atomic E-state index is 13.9. The first-order valence-electron chi connectivity index (χ1n) is 6.74. The number of rotatable bonds is 2. The summed E-state index contributed by atoms with van der Waals surface area (Å²) in [6.45, 7) is 1.84. The molecule has 0 aliphatic carbocycles. The molecule has 2 heterocycles. The monoisotopic (exact) mass is 388 g/mol. The van der Waals surface area contributed by atoms with Gasteiger partial charge in [0.2, 0.25) is 0 Å². The van der Waals surface area contributed by atoms with Crippen molar-refractivity contribution in [2.24, 2.45) is 0 Å². The molecule has 0 bridgehead atoms. The van der Waals surface area contributed by atoms with Gasteiger partial charge in [0.05, 0.1) is 17.1 Å². The van der Waals surface area contributed by atoms with Crippen LogP contribution in [0.3, 0.4) is 0 Å². The maximum atomic E-state index is 13.9. The van der Waals surface area contributed by atoms with Crippen molar-refractivity contribution in [3.63, 3.8) is 0 Å². The van der Waals surface area contributed by atoms with Crippen LogP contribution >= 0.6 is 11.6 Å². The predicted octanol–water partition coefficient (Wildman–Crippen LogP) is 2.27. The molecular formula is C16H9ClF3KN4. The van der Waals surface area contributed by atoms with Crippen molar-refractivity contribution < 1.29 is 64.6 Å². The van der Waals surface area contributed by atoms with Gasteiger partial charge in [0.25, 0.3) is 0 Å². The van der Waals surface area contributed by atoms with Gasteiger partial charge in [-0.1, -0.05) is 17.4 Å². The van der Waals surface area contributed by atoms with Crippen molar-refractivity contribution in [3.05, 3.63) is 64.4 Å². The number of hydrogen-bond acceptors (Lipinski definition) is 3. The van der Waals surface area contributed by atoms with E-state index < -0.39 is 28.8 Å². The largest absolute Gasteiger partial charge is 1.00 e. The summed E-state index contributed by atoms with van der Waals surface area (Å²) in [5.74, 6) is -3.88. The Balaban J connectivity index is 0.00000225. The molecule has 0 saturated carbocycles. The summed E-state index contributed by atoms with van der Waals surface area (Å²) in [5, 5.41) is -0.322. The van der Waals surface area contributed by atoms with Gasteiger partial charge in [0, 0.05) is 23.9 Å². The van der Waals surface area contributed by atoms with E-state index in [0.29, 0.717) is 17.8 Å². The molecule has 25 heavy (non-hydrogen) atoms. The van der Waals surface area contributed by atoms with Crippen LogP contribution in [0, 0.1) is 24.4 Å². The molecule has 1 aromatic carbocycles. The fraction of sp³-hybridized carbons (Fsp3) is 0.0625. The first-order valence-corrected chi connectivity index (χ1v) is 7.11. The zero-order chi connectivity index (χ0) is 17.4. The van der Waals surface area contributed by atoms with Crippen molar-refractivity contribution in [1.82, 2.24) is 15.0 Å². The minimum absolute atomic E-state index is 0. The Morgan fingerprint density at radius 2 is 1.64 bits per heavy atom. The van der Waals surface area contributed by atoms with Gasteiger partial charge in [0.15, 0.2) is 0 Å². The van der Waals surface area contributed by atoms with Crippen molar-refractivity contribution in [3.8, 4) is 22.6 Å². The van der Waals surface area contributed by atoms with E-state index in [9.17, 15) is 13.2 Å². The van der Waals surface area contributed by atoms with Crippen molar-refractivity contribution in [2.45, 2.75) is 6.92 Å². The van der Waals surface area contributed by atoms with Gasteiger partial charge in [0.1, 0.15) is 22.6 Å². The SMILES string of the molecule is Cc1ccnc(-c2nc([NH-])c(-c3c(F)cc(F)cc3F)c(Cl)n2)c1.[K+]. The summed E-state index contributed by atoms with van der Waals surface area (Å²) in [6.07, 6.45) is 1.54. The number of nitrogens with one attached hydrogen (secondary N) is 1. The second-order valence-corrected chi connectivity index (χ2v) is 5.38. The van der Waals surface area contributed by atoms with E-state index in [-0.39, 0.29) is 67.9 Å². The van der Waals surface area contributed by atoms with Crippen LogP contribution in [0.5, 0.6) is 0 Å². The van der Waals surface area contributed by atoms with E-state index in [4.69, 9.17) is 17.3 Å². The van der Waals surface area contributed by atoms with Gasteiger partial charge in [-0.15, -0.1) is 0 Å². The Kier molecular flexibility index (Phi) is 6.58. The molecule has 0 radical (unpaired) electrons. The van der Waals surface area contributed by atoms with E-state index in [2.05, 4.69) is 15.0 Å². The van der Waals surface area contributed by atoms with Crippen LogP contribution in [-0.4, -0.2) is 15.0 Å². The third-order valence-corrected chi connectivity index (χ3v) is 3.54. The average molecular weight is 389 g/mol. The Bertz CT molecular complexity index is 906. The zero-order valence-electron chi connectivity index (χ0n) is 13.2. The topological polar surface area (TPSA) is 62.5 Å². The summed E-state index contributed by atoms with van der Waals surface area (Å²) >= 11 is 6.02. The molecule has 0 aliphatic heterocycles. The molecule has 0 saturated heterocycles. The first kappa shape index (κ1) is 20.3. The average Bonchev–Trinajstić information content (AvgIpc) is 2.48. The zero-order valence-corrected chi connectivity index (χ0v) is 17.1. The van der Waals surface area contributed by atoms with E-state index in [1.54, 1.807) is 18.3 Å². The first-order chi connectivity index (χ1) is 11.4. The maximum Gasteiger partial charge on any atom is 1.00 e. The minimum atomic E-state index is -1.19. The fourth-order valence-electron chi connectivity index (χ4n) is 2.21. The fourth-order valence-corrected chi connectivity index (χ4v) is 2.47. The van der Waals surface area contributed by atoms with E-state index in [0.717, 1.165) is 5.56 Å². The quantitative estimate of drug-likeness (QED) is 0.500. The smallest absolute Gasteiger partial charge is 0.481 e. The summed E-state index contributed by atoms with van der Waals surface area (Å²) in [5.41, 5.74) is 8.23. The number of hydrogen-bond donors (Lipinski definition) is 0. The molecule has 0 aliphatic rings. The van der Waals surface area contributed by atoms with Crippen LogP contribution < -0.4 is 51.4 Å². The van der Waals surface area contributed by atoms with Crippen molar-refractivity contribution >= 4 is 17.4 Å². The van der Waals surface area contributed by atoms with Gasteiger partial charge in [-0.25, -0.2) is 18.2 Å². The predicted molar refractivity (Wildman–Crippen MR) is 84.3 cm³/mol. The van der Waals surface area contributed by atoms with Crippen molar-refractivity contribution in [2.75, 3.05) is 0 Å². The van der Waals surface area contributed by atoms with Crippen LogP contribution in [0.1, 0.15) is 5.56 Å². The number of nitrogens with zero attached hydrogens (tertiary/aromatic N) is 3. The molecule has 3 rings (SSSR count). The molecule has 1 N–H and O–H groups in total. The minimum Gasteiger partial charge on any atom is -0.481 e. The number of aromatic nitrogens is 3. The summed E-state index contributed by atoms with van der Waals surface area (Å²) < 4.78 is 40.9. The molecular weight excluding hydrogens is 380 g/mol. The Hall–Kier alpha value is -1.03. The molecule has 0 fully saturated rings. The second kappa shape index (κ2) is 8.11. The Morgan fingerprint density at radius 3 is 2.20 bits per heavy atom. The molecule has 122 valence electrons. The van der Waals surface area contributed by atoms with Gasteiger partial charge in [-0.05, 0) is 24.6 Å². The molecule has 0 unspecified atom stereocenters. The standard InChI is InChI=1S/C16H9ClF3N4.K/c1-7-2-3-22-11(4-7)16-23-14(17)13(15(21)24-16)12-9(19)5-8(18)6-10(12)20;/h2-6H,1H3,(H-,21,23,24);/q-1;+1. The van der Waals surface area contributed by atoms with Crippen LogP contribution in [0.4, 0.5) is 19.0 Å². The Morgan fingerprint density at radius 1 is 1.00 bits per heavy atom. The third-order valence-electron chi connectivity index (χ3n) is 3.27. The number of aryl methyl sites for hydroxylation is 1. The van der Waals surface area contributed by atoms with Crippen LogP contribution in [0.25, 0.3) is 28.4 Å². The number of halogens is 4. The Labute approximate surface area is 189 Å². The number of benzene rings is 1. The third kappa shape index (κ3) is 4.21. The summed E-state index contributed by atoms with van der Waals surface area (Å²) in [7, 11) is 0. The normalized spacial score (nSPS) is 10.4. The molecule has 4 nitrogen and oxygen atoms in total. The number of pyridine rings is 1. The molecule has 0 atom stereocenters. The van der Waals surface area contributed by atoms with Crippen molar-refractivity contribution in [1.29, 1.82) is 0 Å². The molecule has 9 heteroatoms. The molecule has 3 aromatic rings. The van der Waals surface area contributed by atoms with Crippen LogP contribution in [0.2, 0.25) is 5.15 Å². The van der Waals surface area contributed by atoms with Crippen LogP contribution in [0.15, 0.2) is 30.5 Å². The molecule has 0 amide bonds. The summed E-state index contributed by atoms with van der Waals surface area (Å²) in [4.78, 5) is 12.0. The second-order valence-electron chi connectivity index (χ2n) is 5.02. The van der Waals surface area contributed by atoms with E-state index >= 15 is 0 Å². The van der Waals surface area contributed by atoms with Gasteiger partial charge in [-0.3, -0.25) is 4.98 Å². The van der Waals surface area contributed by atoms with Gasteiger partial charge in [-0.2, -0.15) is 0 Å². The molecule has 2 aromatic heterocycles. The molecule has 0 spiro atoms. The van der Waals surface area contributed by atoms with Gasteiger partial charge >= 0.3 is 51.4 Å². The van der Waals surface area contributed by atoms with Crippen LogP contribution in [-0.2, 0) is 0 Å². The van der Waals surface area contributed by atoms with E-state index in [1.807, 2.05) is 6.92 Å². The van der Waals surface area contributed by atoms with E-state index in [1.165, 1.54) is 0 Å². The van der Waals surface area contributed by atoms with Gasteiger partial charge < -0.3 is 10.7 Å². The summed E-state index contributed by atoms with van der Waals surface area (Å²) in [6, 6.07) is 4.46.